The standard InChI is InChI=1S/C24H20N2O2S/c27-22(19-11-3-1-4-12-19)16-5-2-8-17-29-24-26-25-23(28-24)21-15-9-13-18-10-6-7-14-20(18)21/h1,3-4,6-7,10-12,14-15H,5,9,13,16-17H2. The predicted molar refractivity (Wildman–Crippen MR) is 115 cm³/mol. The monoisotopic (exact) mass is 400 g/mol. The Balaban J connectivity index is 1.28. The molecule has 1 aliphatic carbocycles. The van der Waals surface area contributed by atoms with Crippen molar-refractivity contribution in [2.24, 2.45) is 0 Å². The number of aryl methyl sites for hydroxylation is 1. The van der Waals surface area contributed by atoms with E-state index in [2.05, 4.69) is 46.3 Å². The van der Waals surface area contributed by atoms with Crippen LogP contribution in [0.4, 0.5) is 0 Å². The normalized spacial score (nSPS) is 12.5. The molecule has 1 heterocycles. The summed E-state index contributed by atoms with van der Waals surface area (Å²) in [5.74, 6) is 7.34. The second kappa shape index (κ2) is 9.40. The minimum absolute atomic E-state index is 0.120. The van der Waals surface area contributed by atoms with Gasteiger partial charge in [-0.25, -0.2) is 0 Å². The molecule has 0 atom stereocenters. The van der Waals surface area contributed by atoms with Gasteiger partial charge in [-0.05, 0) is 24.0 Å². The fraction of sp³-hybridized carbons (Fsp3) is 0.208. The Morgan fingerprint density at radius 3 is 2.76 bits per heavy atom. The maximum atomic E-state index is 12.0. The van der Waals surface area contributed by atoms with E-state index in [0.29, 0.717) is 29.7 Å². The summed E-state index contributed by atoms with van der Waals surface area (Å²) in [5.41, 5.74) is 4.23. The van der Waals surface area contributed by atoms with Gasteiger partial charge in [0.05, 0.1) is 5.75 Å². The highest BCUT2D eigenvalue weighted by molar-refractivity contribution is 7.99. The topological polar surface area (TPSA) is 56.0 Å². The molecule has 3 aromatic rings. The van der Waals surface area contributed by atoms with Crippen LogP contribution in [0.1, 0.15) is 46.6 Å². The van der Waals surface area contributed by atoms with Crippen molar-refractivity contribution in [3.05, 3.63) is 83.3 Å². The average molecular weight is 401 g/mol. The van der Waals surface area contributed by atoms with Crippen LogP contribution in [0.25, 0.3) is 5.57 Å². The third-order valence-corrected chi connectivity index (χ3v) is 5.37. The molecular formula is C24H20N2O2S. The second-order valence-corrected chi connectivity index (χ2v) is 7.54. The molecule has 0 amide bonds. The zero-order chi connectivity index (χ0) is 19.9. The zero-order valence-electron chi connectivity index (χ0n) is 15.9. The molecule has 2 aromatic carbocycles. The summed E-state index contributed by atoms with van der Waals surface area (Å²) in [5, 5.41) is 8.86. The molecule has 29 heavy (non-hydrogen) atoms. The van der Waals surface area contributed by atoms with Crippen molar-refractivity contribution in [1.82, 2.24) is 10.2 Å². The van der Waals surface area contributed by atoms with Crippen LogP contribution in [0.15, 0.2) is 70.3 Å². The first kappa shape index (κ1) is 19.2. The molecule has 0 aliphatic heterocycles. The number of carbonyl (C=O) groups excluding carboxylic acids is 1. The van der Waals surface area contributed by atoms with Crippen LogP contribution in [0.2, 0.25) is 0 Å². The number of allylic oxidation sites excluding steroid dienone is 1. The summed E-state index contributed by atoms with van der Waals surface area (Å²) in [6.07, 6.45) is 5.16. The molecule has 144 valence electrons. The van der Waals surface area contributed by atoms with Gasteiger partial charge in [0.25, 0.3) is 5.22 Å². The Morgan fingerprint density at radius 2 is 1.86 bits per heavy atom. The van der Waals surface area contributed by atoms with Crippen LogP contribution < -0.4 is 0 Å². The Labute approximate surface area is 174 Å². The molecule has 5 heteroatoms. The molecule has 0 bridgehead atoms. The highest BCUT2D eigenvalue weighted by Gasteiger charge is 2.18. The second-order valence-electron chi connectivity index (χ2n) is 6.62. The molecule has 0 saturated heterocycles. The lowest BCUT2D eigenvalue weighted by Gasteiger charge is -2.14. The molecule has 0 fully saturated rings. The molecule has 0 unspecified atom stereocenters. The maximum Gasteiger partial charge on any atom is 0.277 e. The summed E-state index contributed by atoms with van der Waals surface area (Å²) in [7, 11) is 0. The number of rotatable bonds is 6. The van der Waals surface area contributed by atoms with Crippen LogP contribution in [0, 0.1) is 11.8 Å². The first-order chi connectivity index (χ1) is 14.3. The minimum atomic E-state index is 0.120. The van der Waals surface area contributed by atoms with Gasteiger partial charge in [0.15, 0.2) is 5.78 Å². The van der Waals surface area contributed by atoms with Crippen molar-refractivity contribution in [3.8, 4) is 11.8 Å². The molecule has 4 nitrogen and oxygen atoms in total. The predicted octanol–water partition coefficient (Wildman–Crippen LogP) is 5.21. The van der Waals surface area contributed by atoms with Gasteiger partial charge in [0, 0.05) is 24.0 Å². The van der Waals surface area contributed by atoms with Gasteiger partial charge in [-0.2, -0.15) is 0 Å². The number of ketones is 1. The Morgan fingerprint density at radius 1 is 1.03 bits per heavy atom. The fourth-order valence-corrected chi connectivity index (χ4v) is 3.78. The van der Waals surface area contributed by atoms with Crippen LogP contribution >= 0.6 is 11.8 Å². The number of hydrogen-bond acceptors (Lipinski definition) is 5. The van der Waals surface area contributed by atoms with E-state index in [-0.39, 0.29) is 5.78 Å². The number of fused-ring (bicyclic) bond motifs is 1. The van der Waals surface area contributed by atoms with E-state index >= 15 is 0 Å². The van der Waals surface area contributed by atoms with Crippen molar-refractivity contribution in [2.45, 2.75) is 30.9 Å². The summed E-state index contributed by atoms with van der Waals surface area (Å²) >= 11 is 1.42. The van der Waals surface area contributed by atoms with E-state index in [1.807, 2.05) is 36.4 Å². The number of nitrogens with zero attached hydrogens (tertiary/aromatic N) is 2. The smallest absolute Gasteiger partial charge is 0.277 e. The number of thioether (sulfide) groups is 1. The average Bonchev–Trinajstić information content (AvgIpc) is 3.25. The lowest BCUT2D eigenvalue weighted by Crippen LogP contribution is -2.00. The van der Waals surface area contributed by atoms with Crippen LogP contribution in [0.3, 0.4) is 0 Å². The van der Waals surface area contributed by atoms with E-state index in [0.717, 1.165) is 24.0 Å². The number of aromatic nitrogens is 2. The molecule has 1 aromatic heterocycles. The number of hydrogen-bond donors (Lipinski definition) is 0. The Hall–Kier alpha value is -3.10. The Bertz CT molecular complexity index is 1090. The summed E-state index contributed by atoms with van der Waals surface area (Å²) in [4.78, 5) is 12.0. The molecular weight excluding hydrogens is 380 g/mol. The highest BCUT2D eigenvalue weighted by atomic mass is 32.2. The SMILES string of the molecule is O=C(CCC#CCSc1nnc(C2=CCCc3ccccc32)o1)c1ccccc1. The van der Waals surface area contributed by atoms with Gasteiger partial charge in [0.1, 0.15) is 0 Å². The van der Waals surface area contributed by atoms with Crippen LogP contribution in [-0.2, 0) is 6.42 Å². The highest BCUT2D eigenvalue weighted by Crippen LogP contribution is 2.31. The van der Waals surface area contributed by atoms with Crippen LogP contribution in [-0.4, -0.2) is 21.7 Å². The van der Waals surface area contributed by atoms with E-state index in [9.17, 15) is 4.79 Å². The van der Waals surface area contributed by atoms with Crippen molar-refractivity contribution in [3.63, 3.8) is 0 Å². The molecule has 0 spiro atoms. The zero-order valence-corrected chi connectivity index (χ0v) is 16.7. The van der Waals surface area contributed by atoms with E-state index in [1.165, 1.54) is 22.9 Å². The van der Waals surface area contributed by atoms with E-state index in [4.69, 9.17) is 4.42 Å². The first-order valence-corrected chi connectivity index (χ1v) is 10.6. The van der Waals surface area contributed by atoms with E-state index < -0.39 is 0 Å². The number of Topliss-reactive ketones (excluding diaryl/α,β-unsaturated/α-hetero) is 1. The lowest BCUT2D eigenvalue weighted by atomic mass is 9.91. The van der Waals surface area contributed by atoms with Gasteiger partial charge in [-0.3, -0.25) is 4.79 Å². The van der Waals surface area contributed by atoms with Gasteiger partial charge in [-0.15, -0.1) is 16.1 Å². The molecule has 4 rings (SSSR count). The summed E-state index contributed by atoms with van der Waals surface area (Å²) < 4.78 is 5.83. The maximum absolute atomic E-state index is 12.0. The summed E-state index contributed by atoms with van der Waals surface area (Å²) in [6.45, 7) is 0. The Kier molecular flexibility index (Phi) is 6.23. The van der Waals surface area contributed by atoms with Crippen molar-refractivity contribution >= 4 is 23.1 Å². The lowest BCUT2D eigenvalue weighted by molar-refractivity contribution is 0.0984. The van der Waals surface area contributed by atoms with Gasteiger partial charge in [-0.1, -0.05) is 78.4 Å². The minimum Gasteiger partial charge on any atom is -0.411 e. The quantitative estimate of drug-likeness (QED) is 0.323. The van der Waals surface area contributed by atoms with Gasteiger partial charge in [0.2, 0.25) is 5.89 Å². The van der Waals surface area contributed by atoms with Crippen molar-refractivity contribution in [1.29, 1.82) is 0 Å². The number of benzene rings is 2. The largest absolute Gasteiger partial charge is 0.411 e. The molecule has 0 N–H and O–H groups in total. The van der Waals surface area contributed by atoms with Crippen molar-refractivity contribution in [2.75, 3.05) is 5.75 Å². The third-order valence-electron chi connectivity index (χ3n) is 4.67. The van der Waals surface area contributed by atoms with Crippen LogP contribution in [0.5, 0.6) is 0 Å². The first-order valence-electron chi connectivity index (χ1n) is 9.60. The molecule has 0 radical (unpaired) electrons. The molecule has 1 aliphatic rings. The molecule has 0 saturated carbocycles. The summed E-state index contributed by atoms with van der Waals surface area (Å²) in [6, 6.07) is 17.6. The third kappa shape index (κ3) is 4.85. The number of carbonyl (C=O) groups is 1. The van der Waals surface area contributed by atoms with Crippen molar-refractivity contribution < 1.29 is 9.21 Å². The van der Waals surface area contributed by atoms with Gasteiger partial charge >= 0.3 is 0 Å². The van der Waals surface area contributed by atoms with Gasteiger partial charge < -0.3 is 4.42 Å². The fourth-order valence-electron chi connectivity index (χ4n) is 3.24. The van der Waals surface area contributed by atoms with E-state index in [1.54, 1.807) is 0 Å².